The molecule has 6 heteroatoms. The zero-order valence-corrected chi connectivity index (χ0v) is 16.7. The summed E-state index contributed by atoms with van der Waals surface area (Å²) in [5.41, 5.74) is 0.728. The number of hydrogen-bond donors (Lipinski definition) is 1. The van der Waals surface area contributed by atoms with Crippen LogP contribution in [0.2, 0.25) is 0 Å². The van der Waals surface area contributed by atoms with E-state index in [-0.39, 0.29) is 11.7 Å². The van der Waals surface area contributed by atoms with E-state index in [9.17, 15) is 9.59 Å². The Hall–Kier alpha value is -2.60. The number of amides is 1. The number of nitrogens with one attached hydrogen (secondary N) is 1. The van der Waals surface area contributed by atoms with Crippen molar-refractivity contribution < 1.29 is 18.7 Å². The molecule has 1 aliphatic carbocycles. The topological polar surface area (TPSA) is 77.8 Å². The quantitative estimate of drug-likeness (QED) is 0.781. The van der Waals surface area contributed by atoms with Crippen molar-refractivity contribution >= 4 is 11.6 Å². The van der Waals surface area contributed by atoms with Gasteiger partial charge < -0.3 is 19.2 Å². The molecule has 1 aliphatic heterocycles. The van der Waals surface area contributed by atoms with E-state index < -0.39 is 11.5 Å². The molecular weight excluding hydrogens is 370 g/mol. The van der Waals surface area contributed by atoms with Crippen LogP contribution in [-0.4, -0.2) is 25.2 Å². The minimum atomic E-state index is -0.572. The first-order chi connectivity index (χ1) is 14.1. The summed E-state index contributed by atoms with van der Waals surface area (Å²) in [6.07, 6.45) is 6.69. The number of carbonyl (C=O) groups excluding carboxylic acids is 1. The average molecular weight is 397 g/mol. The highest BCUT2D eigenvalue weighted by Crippen LogP contribution is 2.36. The van der Waals surface area contributed by atoms with Crippen LogP contribution in [0.3, 0.4) is 0 Å². The fourth-order valence-electron chi connectivity index (χ4n) is 3.76. The Kier molecular flexibility index (Phi) is 6.00. The fraction of sp³-hybridized carbons (Fsp3) is 0.478. The van der Waals surface area contributed by atoms with E-state index in [0.717, 1.165) is 44.5 Å². The van der Waals surface area contributed by atoms with Gasteiger partial charge in [0.2, 0.25) is 0 Å². The molecule has 4 rings (SSSR count). The number of benzene rings is 1. The van der Waals surface area contributed by atoms with Gasteiger partial charge in [-0.2, -0.15) is 0 Å². The van der Waals surface area contributed by atoms with E-state index in [0.29, 0.717) is 29.5 Å². The molecule has 2 heterocycles. The lowest BCUT2D eigenvalue weighted by atomic mass is 9.83. The van der Waals surface area contributed by atoms with Crippen LogP contribution in [0.15, 0.2) is 39.5 Å². The van der Waals surface area contributed by atoms with E-state index in [1.54, 1.807) is 31.2 Å². The smallest absolute Gasteiger partial charge is 0.349 e. The highest BCUT2D eigenvalue weighted by Gasteiger charge is 2.25. The predicted molar refractivity (Wildman–Crippen MR) is 110 cm³/mol. The van der Waals surface area contributed by atoms with Crippen molar-refractivity contribution in [2.45, 2.75) is 57.5 Å². The molecule has 0 radical (unpaired) electrons. The molecule has 1 unspecified atom stereocenters. The molecule has 1 N–H and O–H groups in total. The van der Waals surface area contributed by atoms with Crippen molar-refractivity contribution in [3.63, 3.8) is 0 Å². The Morgan fingerprint density at radius 3 is 2.55 bits per heavy atom. The molecule has 1 atom stereocenters. The number of rotatable bonds is 6. The summed E-state index contributed by atoms with van der Waals surface area (Å²) in [7, 11) is 0. The minimum absolute atomic E-state index is 0.0582. The number of carbonyl (C=O) groups is 1. The van der Waals surface area contributed by atoms with Crippen LogP contribution in [0, 0.1) is 6.92 Å². The van der Waals surface area contributed by atoms with E-state index in [1.807, 2.05) is 6.07 Å². The van der Waals surface area contributed by atoms with Gasteiger partial charge in [-0.3, -0.25) is 4.79 Å². The maximum Gasteiger partial charge on any atom is 0.349 e. The summed E-state index contributed by atoms with van der Waals surface area (Å²) >= 11 is 0. The van der Waals surface area contributed by atoms with Crippen LogP contribution >= 0.6 is 0 Å². The van der Waals surface area contributed by atoms with Crippen LogP contribution in [0.4, 0.5) is 5.69 Å². The molecule has 2 aliphatic rings. The summed E-state index contributed by atoms with van der Waals surface area (Å²) in [4.78, 5) is 25.0. The third kappa shape index (κ3) is 4.70. The monoisotopic (exact) mass is 397 g/mol. The van der Waals surface area contributed by atoms with Gasteiger partial charge in [-0.15, -0.1) is 0 Å². The van der Waals surface area contributed by atoms with Crippen molar-refractivity contribution in [2.24, 2.45) is 0 Å². The van der Waals surface area contributed by atoms with Crippen LogP contribution in [0.5, 0.6) is 5.75 Å². The number of aryl methyl sites for hydroxylation is 1. The zero-order valence-electron chi connectivity index (χ0n) is 16.7. The SMILES string of the molecule is Cc1cc(C2CCC2)oc(=O)c1C(=O)Nc1ccc(OCC2CCCCO2)cc1. The maximum absolute atomic E-state index is 12.6. The predicted octanol–water partition coefficient (Wildman–Crippen LogP) is 4.42. The van der Waals surface area contributed by atoms with Gasteiger partial charge in [-0.1, -0.05) is 6.42 Å². The Morgan fingerprint density at radius 2 is 1.93 bits per heavy atom. The lowest BCUT2D eigenvalue weighted by Gasteiger charge is -2.24. The standard InChI is InChI=1S/C23H27NO5/c1-15-13-20(16-5-4-6-16)29-23(26)21(15)22(25)24-17-8-10-18(11-9-17)28-14-19-7-2-3-12-27-19/h8-11,13,16,19H,2-7,12,14H2,1H3,(H,24,25). The van der Waals surface area contributed by atoms with Gasteiger partial charge in [0.1, 0.15) is 23.7 Å². The van der Waals surface area contributed by atoms with Crippen molar-refractivity contribution in [3.8, 4) is 5.75 Å². The summed E-state index contributed by atoms with van der Waals surface area (Å²) in [5.74, 6) is 1.27. The average Bonchev–Trinajstić information content (AvgIpc) is 2.66. The van der Waals surface area contributed by atoms with Crippen LogP contribution < -0.4 is 15.7 Å². The second kappa shape index (κ2) is 8.82. The molecule has 1 aromatic heterocycles. The normalized spacial score (nSPS) is 19.4. The Labute approximate surface area is 170 Å². The Morgan fingerprint density at radius 1 is 1.14 bits per heavy atom. The van der Waals surface area contributed by atoms with E-state index in [1.165, 1.54) is 6.42 Å². The second-order valence-corrected chi connectivity index (χ2v) is 7.90. The third-order valence-electron chi connectivity index (χ3n) is 5.72. The minimum Gasteiger partial charge on any atom is -0.491 e. The summed E-state index contributed by atoms with van der Waals surface area (Å²) < 4.78 is 16.9. The van der Waals surface area contributed by atoms with Gasteiger partial charge >= 0.3 is 5.63 Å². The summed E-state index contributed by atoms with van der Waals surface area (Å²) in [6.45, 7) is 3.10. The lowest BCUT2D eigenvalue weighted by molar-refractivity contribution is -0.0110. The van der Waals surface area contributed by atoms with Gasteiger partial charge in [0.15, 0.2) is 0 Å². The molecule has 1 saturated carbocycles. The Bertz CT molecular complexity index is 908. The number of ether oxygens (including phenoxy) is 2. The van der Waals surface area contributed by atoms with Crippen molar-refractivity contribution in [3.05, 3.63) is 57.6 Å². The highest BCUT2D eigenvalue weighted by atomic mass is 16.5. The fourth-order valence-corrected chi connectivity index (χ4v) is 3.76. The molecule has 2 aromatic rings. The van der Waals surface area contributed by atoms with Gasteiger partial charge in [0.25, 0.3) is 5.91 Å². The van der Waals surface area contributed by atoms with Crippen LogP contribution in [-0.2, 0) is 4.74 Å². The zero-order chi connectivity index (χ0) is 20.2. The Balaban J connectivity index is 1.37. The molecule has 1 amide bonds. The van der Waals surface area contributed by atoms with Gasteiger partial charge in [0.05, 0.1) is 6.10 Å². The summed E-state index contributed by atoms with van der Waals surface area (Å²) in [5, 5.41) is 2.77. The molecule has 0 bridgehead atoms. The van der Waals surface area contributed by atoms with Crippen molar-refractivity contribution in [1.29, 1.82) is 0 Å². The molecule has 0 spiro atoms. The first-order valence-electron chi connectivity index (χ1n) is 10.4. The molecule has 6 nitrogen and oxygen atoms in total. The molecule has 1 saturated heterocycles. The van der Waals surface area contributed by atoms with Crippen molar-refractivity contribution in [1.82, 2.24) is 0 Å². The number of anilines is 1. The second-order valence-electron chi connectivity index (χ2n) is 7.90. The molecule has 1 aromatic carbocycles. The van der Waals surface area contributed by atoms with Crippen LogP contribution in [0.25, 0.3) is 0 Å². The molecule has 29 heavy (non-hydrogen) atoms. The maximum atomic E-state index is 12.6. The lowest BCUT2D eigenvalue weighted by Crippen LogP contribution is -2.25. The third-order valence-corrected chi connectivity index (χ3v) is 5.72. The van der Waals surface area contributed by atoms with E-state index in [4.69, 9.17) is 13.9 Å². The van der Waals surface area contributed by atoms with Gasteiger partial charge in [-0.25, -0.2) is 4.79 Å². The van der Waals surface area contributed by atoms with Gasteiger partial charge in [-0.05, 0) is 74.9 Å². The van der Waals surface area contributed by atoms with Crippen molar-refractivity contribution in [2.75, 3.05) is 18.5 Å². The number of hydrogen-bond acceptors (Lipinski definition) is 5. The summed E-state index contributed by atoms with van der Waals surface area (Å²) in [6, 6.07) is 8.94. The van der Waals surface area contributed by atoms with E-state index in [2.05, 4.69) is 5.32 Å². The van der Waals surface area contributed by atoms with Gasteiger partial charge in [0, 0.05) is 18.2 Å². The molecular formula is C23H27NO5. The largest absolute Gasteiger partial charge is 0.491 e. The first kappa shape index (κ1) is 19.7. The molecule has 154 valence electrons. The van der Waals surface area contributed by atoms with Crippen LogP contribution in [0.1, 0.15) is 66.1 Å². The molecule has 2 fully saturated rings. The van der Waals surface area contributed by atoms with E-state index >= 15 is 0 Å². The first-order valence-corrected chi connectivity index (χ1v) is 10.4. The highest BCUT2D eigenvalue weighted by molar-refractivity contribution is 6.04.